The van der Waals surface area contributed by atoms with Crippen LogP contribution in [0.5, 0.6) is 0 Å². The summed E-state index contributed by atoms with van der Waals surface area (Å²) >= 11 is 0. The highest BCUT2D eigenvalue weighted by Gasteiger charge is 2.24. The van der Waals surface area contributed by atoms with Crippen LogP contribution in [0.4, 0.5) is 0 Å². The molecule has 1 N–H and O–H groups in total. The number of fused-ring (bicyclic) bond motifs is 2. The quantitative estimate of drug-likeness (QED) is 0.566. The Morgan fingerprint density at radius 1 is 1.17 bits per heavy atom. The molecule has 4 heterocycles. The van der Waals surface area contributed by atoms with Crippen molar-refractivity contribution in [3.05, 3.63) is 69.9 Å². The molecule has 0 radical (unpaired) electrons. The zero-order valence-electron chi connectivity index (χ0n) is 17.5. The molecular formula is C22H25N7O. The van der Waals surface area contributed by atoms with E-state index in [4.69, 9.17) is 9.97 Å². The third-order valence-electron chi connectivity index (χ3n) is 5.75. The summed E-state index contributed by atoms with van der Waals surface area (Å²) in [5, 5.41) is 4.88. The highest BCUT2D eigenvalue weighted by molar-refractivity contribution is 5.75. The highest BCUT2D eigenvalue weighted by atomic mass is 16.1. The van der Waals surface area contributed by atoms with Crippen LogP contribution in [-0.2, 0) is 26.6 Å². The van der Waals surface area contributed by atoms with Crippen molar-refractivity contribution in [1.29, 1.82) is 0 Å². The first-order valence-electron chi connectivity index (χ1n) is 10.3. The fraction of sp³-hybridized carbons (Fsp3) is 0.364. The first kappa shape index (κ1) is 18.7. The van der Waals surface area contributed by atoms with Crippen molar-refractivity contribution in [3.8, 4) is 5.69 Å². The number of imidazole rings is 1. The van der Waals surface area contributed by atoms with E-state index in [0.29, 0.717) is 29.3 Å². The van der Waals surface area contributed by atoms with Gasteiger partial charge >= 0.3 is 0 Å². The summed E-state index contributed by atoms with van der Waals surface area (Å²) in [5.74, 6) is 2.17. The molecule has 0 amide bonds. The van der Waals surface area contributed by atoms with Gasteiger partial charge in [0.25, 0.3) is 5.56 Å². The van der Waals surface area contributed by atoms with Gasteiger partial charge in [-0.1, -0.05) is 32.0 Å². The highest BCUT2D eigenvalue weighted by Crippen LogP contribution is 2.24. The second-order valence-electron chi connectivity index (χ2n) is 8.18. The topological polar surface area (TPSA) is 84.6 Å². The molecule has 0 spiro atoms. The molecule has 0 atom stereocenters. The SMILES string of the molecule is CC(C)c1nc2c(n1C)CCN(Cc1nc3c(cnn3-c3ccccc3)c(=O)[nH]1)C2. The summed E-state index contributed by atoms with van der Waals surface area (Å²) < 4.78 is 3.96. The fourth-order valence-corrected chi connectivity index (χ4v) is 4.26. The molecule has 0 unspecified atom stereocenters. The number of nitrogens with zero attached hydrogens (tertiary/aromatic N) is 6. The van der Waals surface area contributed by atoms with E-state index < -0.39 is 0 Å². The molecule has 0 aliphatic carbocycles. The van der Waals surface area contributed by atoms with E-state index in [1.165, 1.54) is 5.69 Å². The van der Waals surface area contributed by atoms with Crippen LogP contribution in [0.2, 0.25) is 0 Å². The Labute approximate surface area is 174 Å². The van der Waals surface area contributed by atoms with Crippen molar-refractivity contribution < 1.29 is 0 Å². The summed E-state index contributed by atoms with van der Waals surface area (Å²) in [4.78, 5) is 27.5. The number of hydrogen-bond acceptors (Lipinski definition) is 5. The average molecular weight is 403 g/mol. The summed E-state index contributed by atoms with van der Waals surface area (Å²) in [5.41, 5.74) is 3.75. The number of rotatable bonds is 4. The van der Waals surface area contributed by atoms with Gasteiger partial charge in [0.2, 0.25) is 0 Å². The lowest BCUT2D eigenvalue weighted by Crippen LogP contribution is -2.32. The zero-order valence-corrected chi connectivity index (χ0v) is 17.5. The zero-order chi connectivity index (χ0) is 20.8. The van der Waals surface area contributed by atoms with Gasteiger partial charge in [0, 0.05) is 38.2 Å². The third-order valence-corrected chi connectivity index (χ3v) is 5.75. The maximum absolute atomic E-state index is 12.6. The molecule has 1 aliphatic rings. The number of para-hydroxylation sites is 1. The van der Waals surface area contributed by atoms with Crippen molar-refractivity contribution in [1.82, 2.24) is 34.2 Å². The lowest BCUT2D eigenvalue weighted by atomic mass is 10.1. The maximum atomic E-state index is 12.6. The first-order chi connectivity index (χ1) is 14.5. The van der Waals surface area contributed by atoms with Gasteiger partial charge in [-0.25, -0.2) is 14.6 Å². The van der Waals surface area contributed by atoms with Crippen LogP contribution in [0.25, 0.3) is 16.7 Å². The molecule has 8 nitrogen and oxygen atoms in total. The van der Waals surface area contributed by atoms with Crippen LogP contribution in [0.1, 0.15) is 42.8 Å². The van der Waals surface area contributed by atoms with Gasteiger partial charge < -0.3 is 9.55 Å². The van der Waals surface area contributed by atoms with Crippen molar-refractivity contribution >= 4 is 11.0 Å². The van der Waals surface area contributed by atoms with Crippen molar-refractivity contribution in [3.63, 3.8) is 0 Å². The van der Waals surface area contributed by atoms with E-state index in [1.807, 2.05) is 30.3 Å². The van der Waals surface area contributed by atoms with E-state index in [2.05, 4.69) is 40.4 Å². The van der Waals surface area contributed by atoms with Crippen LogP contribution in [0.3, 0.4) is 0 Å². The fourth-order valence-electron chi connectivity index (χ4n) is 4.26. The lowest BCUT2D eigenvalue weighted by molar-refractivity contribution is 0.234. The van der Waals surface area contributed by atoms with Gasteiger partial charge in [0.1, 0.15) is 17.0 Å². The molecule has 0 bridgehead atoms. The molecule has 0 saturated heterocycles. The molecular weight excluding hydrogens is 378 g/mol. The molecule has 0 saturated carbocycles. The number of nitrogens with one attached hydrogen (secondary N) is 1. The molecule has 5 rings (SSSR count). The van der Waals surface area contributed by atoms with Crippen LogP contribution >= 0.6 is 0 Å². The Morgan fingerprint density at radius 2 is 1.97 bits per heavy atom. The Morgan fingerprint density at radius 3 is 2.73 bits per heavy atom. The van der Waals surface area contributed by atoms with Gasteiger partial charge in [0.05, 0.1) is 24.1 Å². The summed E-state index contributed by atoms with van der Waals surface area (Å²) in [7, 11) is 2.11. The number of aromatic amines is 1. The van der Waals surface area contributed by atoms with E-state index in [9.17, 15) is 4.79 Å². The summed E-state index contributed by atoms with van der Waals surface area (Å²) in [6.45, 7) is 6.58. The number of H-pyrrole nitrogens is 1. The van der Waals surface area contributed by atoms with E-state index >= 15 is 0 Å². The van der Waals surface area contributed by atoms with E-state index in [-0.39, 0.29) is 5.56 Å². The number of hydrogen-bond donors (Lipinski definition) is 1. The molecule has 154 valence electrons. The van der Waals surface area contributed by atoms with E-state index in [1.54, 1.807) is 10.9 Å². The first-order valence-corrected chi connectivity index (χ1v) is 10.3. The van der Waals surface area contributed by atoms with Crippen molar-refractivity contribution in [2.75, 3.05) is 6.54 Å². The molecule has 4 aromatic rings. The minimum Gasteiger partial charge on any atom is -0.335 e. The molecule has 0 fully saturated rings. The molecule has 1 aromatic carbocycles. The minimum atomic E-state index is -0.158. The number of aromatic nitrogens is 6. The largest absolute Gasteiger partial charge is 0.335 e. The van der Waals surface area contributed by atoms with Gasteiger partial charge in [0.15, 0.2) is 5.65 Å². The predicted molar refractivity (Wildman–Crippen MR) is 115 cm³/mol. The van der Waals surface area contributed by atoms with Gasteiger partial charge in [-0.05, 0) is 12.1 Å². The van der Waals surface area contributed by atoms with Crippen LogP contribution in [0.15, 0.2) is 41.3 Å². The Kier molecular flexibility index (Phi) is 4.51. The minimum absolute atomic E-state index is 0.158. The Bertz CT molecular complexity index is 1270. The van der Waals surface area contributed by atoms with Crippen molar-refractivity contribution in [2.45, 2.75) is 39.3 Å². The predicted octanol–water partition coefficient (Wildman–Crippen LogP) is 2.52. The normalized spacial score (nSPS) is 14.5. The Hall–Kier alpha value is -3.26. The summed E-state index contributed by atoms with van der Waals surface area (Å²) in [6, 6.07) is 9.75. The monoisotopic (exact) mass is 403 g/mol. The van der Waals surface area contributed by atoms with Gasteiger partial charge in [-0.3, -0.25) is 9.69 Å². The van der Waals surface area contributed by atoms with Crippen LogP contribution in [0, 0.1) is 0 Å². The van der Waals surface area contributed by atoms with Crippen LogP contribution in [-0.4, -0.2) is 40.7 Å². The van der Waals surface area contributed by atoms with Crippen molar-refractivity contribution in [2.24, 2.45) is 7.05 Å². The molecule has 3 aromatic heterocycles. The second-order valence-corrected chi connectivity index (χ2v) is 8.18. The molecule has 8 heteroatoms. The van der Waals surface area contributed by atoms with E-state index in [0.717, 1.165) is 36.7 Å². The Balaban J connectivity index is 1.45. The summed E-state index contributed by atoms with van der Waals surface area (Å²) in [6.07, 6.45) is 2.52. The van der Waals surface area contributed by atoms with Gasteiger partial charge in [-0.2, -0.15) is 5.10 Å². The number of benzene rings is 1. The van der Waals surface area contributed by atoms with Gasteiger partial charge in [-0.15, -0.1) is 0 Å². The molecule has 1 aliphatic heterocycles. The molecule has 30 heavy (non-hydrogen) atoms. The smallest absolute Gasteiger partial charge is 0.262 e. The third kappa shape index (κ3) is 3.13. The standard InChI is InChI=1S/C22H25N7O/c1-14(2)20-24-17-12-28(10-9-18(17)27(20)3)13-19-25-21-16(22(30)26-19)11-23-29(21)15-7-5-4-6-8-15/h4-8,11,14H,9-10,12-13H2,1-3H3,(H,25,26,30). The lowest BCUT2D eigenvalue weighted by Gasteiger charge is -2.26. The van der Waals surface area contributed by atoms with Crippen LogP contribution < -0.4 is 5.56 Å². The maximum Gasteiger partial charge on any atom is 0.262 e. The average Bonchev–Trinajstić information content (AvgIpc) is 3.30. The second kappa shape index (κ2) is 7.21.